The van der Waals surface area contributed by atoms with Crippen LogP contribution in [0, 0.1) is 12.8 Å². The quantitative estimate of drug-likeness (QED) is 0.512. The van der Waals surface area contributed by atoms with Crippen LogP contribution < -0.4 is 5.32 Å². The molecule has 0 saturated heterocycles. The summed E-state index contributed by atoms with van der Waals surface area (Å²) < 4.78 is 0. The summed E-state index contributed by atoms with van der Waals surface area (Å²) in [5.41, 5.74) is 6.22. The smallest absolute Gasteiger partial charge is 0.0381 e. The largest absolute Gasteiger partial charge is 0.359 e. The van der Waals surface area contributed by atoms with Crippen LogP contribution in [0.4, 0.5) is 5.69 Å². The molecule has 0 bridgehead atoms. The number of unbranched alkanes of at least 4 members (excludes halogenated alkanes) is 2. The fraction of sp³-hybridized carbons (Fsp3) is 0.440. The molecular weight excluding hydrogens is 314 g/mol. The Morgan fingerprint density at radius 2 is 1.62 bits per heavy atom. The number of nitrogens with one attached hydrogen (secondary N) is 1. The third kappa shape index (κ3) is 8.38. The van der Waals surface area contributed by atoms with Crippen LogP contribution in [0.1, 0.15) is 70.1 Å². The standard InChI is InChI=1S/C20H25N.C5H12/c1-5-16(3)17(4)21-20-11-9-18(10-12-20)14-19-8-6-7-15(2)13-19;1-3-5-4-2/h6-13,16,21H,4-5,14H2,1-3H3;3-5H2,1-2H3. The van der Waals surface area contributed by atoms with Gasteiger partial charge in [0.2, 0.25) is 0 Å². The molecule has 0 amide bonds. The number of hydrogen-bond acceptors (Lipinski definition) is 1. The predicted octanol–water partition coefficient (Wildman–Crippen LogP) is 7.75. The minimum absolute atomic E-state index is 0.497. The van der Waals surface area contributed by atoms with Crippen LogP contribution in [0.15, 0.2) is 60.8 Å². The molecule has 2 aromatic carbocycles. The number of hydrogen-bond donors (Lipinski definition) is 1. The predicted molar refractivity (Wildman–Crippen MR) is 118 cm³/mol. The van der Waals surface area contributed by atoms with Crippen LogP contribution in [-0.4, -0.2) is 0 Å². The van der Waals surface area contributed by atoms with Crippen molar-refractivity contribution in [3.63, 3.8) is 0 Å². The first-order valence-corrected chi connectivity index (χ1v) is 10.1. The van der Waals surface area contributed by atoms with Gasteiger partial charge in [0.05, 0.1) is 0 Å². The average Bonchev–Trinajstić information content (AvgIpc) is 2.64. The first kappa shape index (κ1) is 22.0. The number of allylic oxidation sites excluding steroid dienone is 1. The lowest BCUT2D eigenvalue weighted by Crippen LogP contribution is -2.06. The van der Waals surface area contributed by atoms with Gasteiger partial charge in [-0.15, -0.1) is 0 Å². The summed E-state index contributed by atoms with van der Waals surface area (Å²) >= 11 is 0. The Bertz CT molecular complexity index is 637. The van der Waals surface area contributed by atoms with E-state index in [1.54, 1.807) is 0 Å². The van der Waals surface area contributed by atoms with E-state index in [4.69, 9.17) is 0 Å². The Labute approximate surface area is 161 Å². The van der Waals surface area contributed by atoms with Crippen LogP contribution in [0.5, 0.6) is 0 Å². The summed E-state index contributed by atoms with van der Waals surface area (Å²) in [7, 11) is 0. The maximum Gasteiger partial charge on any atom is 0.0381 e. The topological polar surface area (TPSA) is 12.0 Å². The van der Waals surface area contributed by atoms with Crippen molar-refractivity contribution >= 4 is 5.69 Å². The van der Waals surface area contributed by atoms with E-state index in [-0.39, 0.29) is 0 Å². The molecule has 0 aromatic heterocycles. The summed E-state index contributed by atoms with van der Waals surface area (Å²) in [5, 5.41) is 3.40. The molecule has 2 aromatic rings. The van der Waals surface area contributed by atoms with Crippen molar-refractivity contribution in [1.82, 2.24) is 0 Å². The number of aryl methyl sites for hydroxylation is 1. The van der Waals surface area contributed by atoms with Crippen molar-refractivity contribution in [2.75, 3.05) is 5.32 Å². The highest BCUT2D eigenvalue weighted by atomic mass is 14.9. The Hall–Kier alpha value is -2.02. The van der Waals surface area contributed by atoms with E-state index in [9.17, 15) is 0 Å². The molecule has 0 aliphatic carbocycles. The summed E-state index contributed by atoms with van der Waals surface area (Å²) in [6, 6.07) is 17.3. The molecular formula is C25H37N. The second-order valence-electron chi connectivity index (χ2n) is 7.18. The van der Waals surface area contributed by atoms with E-state index < -0.39 is 0 Å². The van der Waals surface area contributed by atoms with E-state index in [2.05, 4.69) is 95.0 Å². The highest BCUT2D eigenvalue weighted by Gasteiger charge is 2.04. The van der Waals surface area contributed by atoms with Gasteiger partial charge in [0.1, 0.15) is 0 Å². The normalized spacial score (nSPS) is 11.3. The lowest BCUT2D eigenvalue weighted by molar-refractivity contribution is 0.662. The van der Waals surface area contributed by atoms with Gasteiger partial charge in [0.15, 0.2) is 0 Å². The highest BCUT2D eigenvalue weighted by molar-refractivity contribution is 5.49. The summed E-state index contributed by atoms with van der Waals surface area (Å²) in [4.78, 5) is 0. The van der Waals surface area contributed by atoms with Crippen molar-refractivity contribution < 1.29 is 0 Å². The molecule has 0 fully saturated rings. The molecule has 2 rings (SSSR count). The van der Waals surface area contributed by atoms with Crippen molar-refractivity contribution in [3.8, 4) is 0 Å². The van der Waals surface area contributed by atoms with Crippen molar-refractivity contribution in [3.05, 3.63) is 77.5 Å². The SMILES string of the molecule is C=C(Nc1ccc(Cc2cccc(C)c2)cc1)C(C)CC.CCCCC. The lowest BCUT2D eigenvalue weighted by atomic mass is 10.0. The zero-order chi connectivity index (χ0) is 19.4. The van der Waals surface area contributed by atoms with E-state index in [0.717, 1.165) is 24.2 Å². The van der Waals surface area contributed by atoms with Gasteiger partial charge in [-0.2, -0.15) is 0 Å². The molecule has 0 spiro atoms. The Morgan fingerprint density at radius 3 is 2.12 bits per heavy atom. The molecule has 1 heteroatoms. The molecule has 1 N–H and O–H groups in total. The molecule has 0 aliphatic rings. The van der Waals surface area contributed by atoms with E-state index in [1.807, 2.05) is 0 Å². The molecule has 1 unspecified atom stereocenters. The van der Waals surface area contributed by atoms with Crippen molar-refractivity contribution in [2.24, 2.45) is 5.92 Å². The van der Waals surface area contributed by atoms with Gasteiger partial charge >= 0.3 is 0 Å². The third-order valence-corrected chi connectivity index (χ3v) is 4.66. The molecule has 26 heavy (non-hydrogen) atoms. The van der Waals surface area contributed by atoms with Gasteiger partial charge in [0.25, 0.3) is 0 Å². The van der Waals surface area contributed by atoms with Gasteiger partial charge in [0, 0.05) is 11.4 Å². The Balaban J connectivity index is 0.000000597. The average molecular weight is 352 g/mol. The van der Waals surface area contributed by atoms with Crippen LogP contribution >= 0.6 is 0 Å². The third-order valence-electron chi connectivity index (χ3n) is 4.66. The minimum atomic E-state index is 0.497. The van der Waals surface area contributed by atoms with Gasteiger partial charge in [-0.25, -0.2) is 0 Å². The van der Waals surface area contributed by atoms with Gasteiger partial charge in [-0.3, -0.25) is 0 Å². The maximum absolute atomic E-state index is 4.11. The van der Waals surface area contributed by atoms with Crippen LogP contribution in [0.25, 0.3) is 0 Å². The van der Waals surface area contributed by atoms with Gasteiger partial charge in [-0.1, -0.05) is 95.5 Å². The molecule has 142 valence electrons. The fourth-order valence-electron chi connectivity index (χ4n) is 2.67. The number of anilines is 1. The second-order valence-corrected chi connectivity index (χ2v) is 7.18. The monoisotopic (exact) mass is 351 g/mol. The van der Waals surface area contributed by atoms with Crippen LogP contribution in [-0.2, 0) is 6.42 Å². The van der Waals surface area contributed by atoms with Crippen molar-refractivity contribution in [1.29, 1.82) is 0 Å². The summed E-state index contributed by atoms with van der Waals surface area (Å²) in [6.07, 6.45) is 6.17. The highest BCUT2D eigenvalue weighted by Crippen LogP contribution is 2.19. The molecule has 1 nitrogen and oxygen atoms in total. The molecule has 0 radical (unpaired) electrons. The van der Waals surface area contributed by atoms with Gasteiger partial charge < -0.3 is 5.32 Å². The first-order chi connectivity index (χ1) is 12.5. The molecule has 0 heterocycles. The van der Waals surface area contributed by atoms with E-state index >= 15 is 0 Å². The summed E-state index contributed by atoms with van der Waals surface area (Å²) in [6.45, 7) is 15.0. The summed E-state index contributed by atoms with van der Waals surface area (Å²) in [5.74, 6) is 0.497. The molecule has 0 saturated carbocycles. The Kier molecular flexibility index (Phi) is 10.5. The van der Waals surface area contributed by atoms with E-state index in [0.29, 0.717) is 5.92 Å². The van der Waals surface area contributed by atoms with Gasteiger partial charge in [-0.05, 0) is 48.9 Å². The Morgan fingerprint density at radius 1 is 0.962 bits per heavy atom. The minimum Gasteiger partial charge on any atom is -0.359 e. The molecule has 1 atom stereocenters. The van der Waals surface area contributed by atoms with Crippen molar-refractivity contribution in [2.45, 2.75) is 66.7 Å². The van der Waals surface area contributed by atoms with Crippen LogP contribution in [0.3, 0.4) is 0 Å². The maximum atomic E-state index is 4.11. The second kappa shape index (κ2) is 12.4. The molecule has 0 aliphatic heterocycles. The first-order valence-electron chi connectivity index (χ1n) is 10.1. The van der Waals surface area contributed by atoms with Crippen LogP contribution in [0.2, 0.25) is 0 Å². The zero-order valence-corrected chi connectivity index (χ0v) is 17.4. The van der Waals surface area contributed by atoms with E-state index in [1.165, 1.54) is 36.0 Å². The number of benzene rings is 2. The zero-order valence-electron chi connectivity index (χ0n) is 17.4. The lowest BCUT2D eigenvalue weighted by Gasteiger charge is -2.15. The number of rotatable bonds is 8. The fourth-order valence-corrected chi connectivity index (χ4v) is 2.67.